The molecule has 1 aromatic carbocycles. The van der Waals surface area contributed by atoms with Gasteiger partial charge in [0, 0.05) is 13.2 Å². The fraction of sp³-hybridized carbons (Fsp3) is 0.647. The third kappa shape index (κ3) is 3.89. The summed E-state index contributed by atoms with van der Waals surface area (Å²) in [7, 11) is 5.06. The maximum absolute atomic E-state index is 6.49. The Kier molecular flexibility index (Phi) is 5.88. The molecule has 1 saturated carbocycles. The van der Waals surface area contributed by atoms with Gasteiger partial charge in [0.15, 0.2) is 0 Å². The third-order valence-electron chi connectivity index (χ3n) is 4.50. The third-order valence-corrected chi connectivity index (χ3v) is 4.50. The van der Waals surface area contributed by atoms with Crippen LogP contribution < -0.4 is 15.2 Å². The smallest absolute Gasteiger partial charge is 0.122 e. The quantitative estimate of drug-likeness (QED) is 0.874. The van der Waals surface area contributed by atoms with Crippen molar-refractivity contribution in [2.45, 2.75) is 44.2 Å². The first kappa shape index (κ1) is 16.1. The molecule has 0 bridgehead atoms. The summed E-state index contributed by atoms with van der Waals surface area (Å²) in [6, 6.07) is 5.64. The van der Waals surface area contributed by atoms with E-state index in [2.05, 4.69) is 0 Å². The molecule has 2 rings (SSSR count). The number of rotatable bonds is 6. The summed E-state index contributed by atoms with van der Waals surface area (Å²) in [6.45, 7) is 0. The first-order valence-corrected chi connectivity index (χ1v) is 7.71. The maximum atomic E-state index is 6.49. The van der Waals surface area contributed by atoms with Crippen LogP contribution in [0.4, 0.5) is 0 Å². The van der Waals surface area contributed by atoms with Gasteiger partial charge in [-0.3, -0.25) is 0 Å². The van der Waals surface area contributed by atoms with E-state index in [0.717, 1.165) is 17.1 Å². The van der Waals surface area contributed by atoms with Crippen molar-refractivity contribution in [3.8, 4) is 11.5 Å². The summed E-state index contributed by atoms with van der Waals surface area (Å²) in [5.41, 5.74) is 7.50. The average Bonchev–Trinajstić information content (AvgIpc) is 2.55. The van der Waals surface area contributed by atoms with Gasteiger partial charge in [-0.05, 0) is 36.5 Å². The van der Waals surface area contributed by atoms with E-state index in [4.69, 9.17) is 19.9 Å². The van der Waals surface area contributed by atoms with E-state index >= 15 is 0 Å². The zero-order valence-corrected chi connectivity index (χ0v) is 13.3. The molecule has 0 radical (unpaired) electrons. The number of nitrogens with two attached hydrogens (primary N) is 1. The van der Waals surface area contributed by atoms with E-state index in [1.807, 2.05) is 18.2 Å². The van der Waals surface area contributed by atoms with Gasteiger partial charge in [0.2, 0.25) is 0 Å². The van der Waals surface area contributed by atoms with Crippen molar-refractivity contribution in [1.82, 2.24) is 0 Å². The number of hydrogen-bond acceptors (Lipinski definition) is 4. The lowest BCUT2D eigenvalue weighted by Crippen LogP contribution is -2.35. The molecule has 0 spiro atoms. The Balaban J connectivity index is 2.21. The van der Waals surface area contributed by atoms with Gasteiger partial charge in [-0.15, -0.1) is 0 Å². The lowest BCUT2D eigenvalue weighted by atomic mass is 9.81. The van der Waals surface area contributed by atoms with Gasteiger partial charge in [0.25, 0.3) is 0 Å². The highest BCUT2D eigenvalue weighted by Gasteiger charge is 2.30. The lowest BCUT2D eigenvalue weighted by Gasteiger charge is -2.33. The Morgan fingerprint density at radius 1 is 0.952 bits per heavy atom. The average molecular weight is 293 g/mol. The summed E-state index contributed by atoms with van der Waals surface area (Å²) in [4.78, 5) is 0. The van der Waals surface area contributed by atoms with Gasteiger partial charge >= 0.3 is 0 Å². The van der Waals surface area contributed by atoms with Crippen molar-refractivity contribution in [1.29, 1.82) is 0 Å². The molecule has 4 heteroatoms. The van der Waals surface area contributed by atoms with Crippen LogP contribution in [-0.4, -0.2) is 27.4 Å². The molecule has 2 unspecified atom stereocenters. The second kappa shape index (κ2) is 7.66. The number of ether oxygens (including phenoxy) is 3. The Hall–Kier alpha value is -1.26. The van der Waals surface area contributed by atoms with Gasteiger partial charge < -0.3 is 19.9 Å². The van der Waals surface area contributed by atoms with Gasteiger partial charge in [-0.1, -0.05) is 19.3 Å². The second-order valence-corrected chi connectivity index (χ2v) is 5.77. The predicted molar refractivity (Wildman–Crippen MR) is 83.8 cm³/mol. The fourth-order valence-electron chi connectivity index (χ4n) is 3.31. The molecule has 0 aromatic heterocycles. The van der Waals surface area contributed by atoms with Crippen LogP contribution in [0.1, 0.15) is 43.7 Å². The van der Waals surface area contributed by atoms with Gasteiger partial charge in [0.05, 0.1) is 26.4 Å². The Bertz CT molecular complexity index is 421. The summed E-state index contributed by atoms with van der Waals surface area (Å²) in [5, 5.41) is 0. The minimum Gasteiger partial charge on any atom is -0.497 e. The summed E-state index contributed by atoms with van der Waals surface area (Å²) in [6.07, 6.45) is 6.33. The van der Waals surface area contributed by atoms with Crippen LogP contribution in [0, 0.1) is 5.92 Å². The van der Waals surface area contributed by atoms with Crippen molar-refractivity contribution >= 4 is 0 Å². The molecular weight excluding hydrogens is 266 g/mol. The molecule has 0 aliphatic heterocycles. The van der Waals surface area contributed by atoms with Crippen molar-refractivity contribution in [2.24, 2.45) is 11.7 Å². The molecule has 1 aliphatic carbocycles. The monoisotopic (exact) mass is 293 g/mol. The van der Waals surface area contributed by atoms with Gasteiger partial charge in [-0.25, -0.2) is 0 Å². The Morgan fingerprint density at radius 3 is 2.00 bits per heavy atom. The van der Waals surface area contributed by atoms with E-state index in [9.17, 15) is 0 Å². The van der Waals surface area contributed by atoms with Crippen LogP contribution in [0.5, 0.6) is 11.5 Å². The standard InChI is InChI=1S/C17H27NO3/c1-19-14-9-13(10-15(11-14)20-2)16(18)17(21-3)12-7-5-4-6-8-12/h9-12,16-17H,4-8,18H2,1-3H3. The van der Waals surface area contributed by atoms with E-state index in [1.165, 1.54) is 32.1 Å². The molecule has 21 heavy (non-hydrogen) atoms. The first-order valence-electron chi connectivity index (χ1n) is 7.71. The summed E-state index contributed by atoms with van der Waals surface area (Å²) < 4.78 is 16.4. The van der Waals surface area contributed by atoms with Crippen LogP contribution in [-0.2, 0) is 4.74 Å². The normalized spacial score (nSPS) is 19.0. The predicted octanol–water partition coefficient (Wildman–Crippen LogP) is 3.30. The van der Waals surface area contributed by atoms with E-state index in [-0.39, 0.29) is 12.1 Å². The van der Waals surface area contributed by atoms with Crippen LogP contribution in [0.15, 0.2) is 18.2 Å². The van der Waals surface area contributed by atoms with E-state index < -0.39 is 0 Å². The summed E-state index contributed by atoms with van der Waals surface area (Å²) >= 11 is 0. The van der Waals surface area contributed by atoms with E-state index in [0.29, 0.717) is 5.92 Å². The van der Waals surface area contributed by atoms with Crippen molar-refractivity contribution < 1.29 is 14.2 Å². The lowest BCUT2D eigenvalue weighted by molar-refractivity contribution is 0.0172. The molecule has 1 aromatic rings. The molecule has 118 valence electrons. The molecular formula is C17H27NO3. The topological polar surface area (TPSA) is 53.7 Å². The largest absolute Gasteiger partial charge is 0.497 e. The first-order chi connectivity index (χ1) is 10.2. The Labute approximate surface area is 127 Å². The molecule has 1 fully saturated rings. The summed E-state index contributed by atoms with van der Waals surface area (Å²) in [5.74, 6) is 2.06. The Morgan fingerprint density at radius 2 is 1.52 bits per heavy atom. The SMILES string of the molecule is COc1cc(OC)cc(C(N)C(OC)C2CCCCC2)c1. The minimum atomic E-state index is -0.165. The van der Waals surface area contributed by atoms with Crippen LogP contribution in [0.2, 0.25) is 0 Å². The van der Waals surface area contributed by atoms with Crippen molar-refractivity contribution in [2.75, 3.05) is 21.3 Å². The molecule has 4 nitrogen and oxygen atoms in total. The van der Waals surface area contributed by atoms with Gasteiger partial charge in [0.1, 0.15) is 11.5 Å². The molecule has 2 N–H and O–H groups in total. The number of benzene rings is 1. The van der Waals surface area contributed by atoms with Crippen LogP contribution >= 0.6 is 0 Å². The van der Waals surface area contributed by atoms with Crippen molar-refractivity contribution in [3.63, 3.8) is 0 Å². The fourth-order valence-corrected chi connectivity index (χ4v) is 3.31. The highest BCUT2D eigenvalue weighted by Crippen LogP contribution is 2.35. The zero-order chi connectivity index (χ0) is 15.2. The highest BCUT2D eigenvalue weighted by atomic mass is 16.5. The van der Waals surface area contributed by atoms with Gasteiger partial charge in [-0.2, -0.15) is 0 Å². The minimum absolute atomic E-state index is 0.0436. The van der Waals surface area contributed by atoms with Crippen LogP contribution in [0.25, 0.3) is 0 Å². The molecule has 1 aliphatic rings. The number of methoxy groups -OCH3 is 3. The van der Waals surface area contributed by atoms with Crippen molar-refractivity contribution in [3.05, 3.63) is 23.8 Å². The number of hydrogen-bond donors (Lipinski definition) is 1. The zero-order valence-electron chi connectivity index (χ0n) is 13.3. The molecule has 2 atom stereocenters. The highest BCUT2D eigenvalue weighted by molar-refractivity contribution is 5.40. The van der Waals surface area contributed by atoms with Crippen LogP contribution in [0.3, 0.4) is 0 Å². The van der Waals surface area contributed by atoms with E-state index in [1.54, 1.807) is 21.3 Å². The maximum Gasteiger partial charge on any atom is 0.122 e. The molecule has 0 amide bonds. The molecule has 0 saturated heterocycles. The molecule has 0 heterocycles. The second-order valence-electron chi connectivity index (χ2n) is 5.77.